The van der Waals surface area contributed by atoms with Gasteiger partial charge in [0.05, 0.1) is 19.8 Å². The maximum Gasteiger partial charge on any atom is 0.412 e. The van der Waals surface area contributed by atoms with Crippen LogP contribution in [0.4, 0.5) is 10.6 Å². The van der Waals surface area contributed by atoms with Gasteiger partial charge >= 0.3 is 6.09 Å². The van der Waals surface area contributed by atoms with Gasteiger partial charge in [0.2, 0.25) is 0 Å². The lowest BCUT2D eigenvalue weighted by Crippen LogP contribution is -2.19. The number of anilines is 1. The molecule has 0 aliphatic carbocycles. The summed E-state index contributed by atoms with van der Waals surface area (Å²) in [5, 5.41) is 7.81. The van der Waals surface area contributed by atoms with Gasteiger partial charge < -0.3 is 14.2 Å². The van der Waals surface area contributed by atoms with Crippen molar-refractivity contribution >= 4 is 23.5 Å². The molecule has 2 heterocycles. The standard InChI is InChI=1S/C24H26ClN3O4/c1-17-11-23(26-24(29)32-16-19-9-10-30-14-19)27-28(17)13-20-12-21(25)7-8-22(20)31-15-18-5-3-2-4-6-18/h2-8,11-12,19H,9-10,13-16H2,1H3,(H,26,27,29). The molecule has 8 heteroatoms. The fraction of sp³-hybridized carbons (Fsp3) is 0.333. The van der Waals surface area contributed by atoms with Crippen LogP contribution in [0.15, 0.2) is 54.6 Å². The fourth-order valence-corrected chi connectivity index (χ4v) is 3.68. The normalized spacial score (nSPS) is 15.5. The lowest BCUT2D eigenvalue weighted by molar-refractivity contribution is 0.127. The SMILES string of the molecule is Cc1cc(NC(=O)OCC2CCOC2)nn1Cc1cc(Cl)ccc1OCc1ccccc1. The molecule has 1 N–H and O–H groups in total. The first-order valence-corrected chi connectivity index (χ1v) is 11.0. The second kappa shape index (κ2) is 10.5. The van der Waals surface area contributed by atoms with Crippen molar-refractivity contribution in [3.8, 4) is 5.75 Å². The Morgan fingerprint density at radius 3 is 2.88 bits per heavy atom. The average molecular weight is 456 g/mol. The lowest BCUT2D eigenvalue weighted by Gasteiger charge is -2.13. The van der Waals surface area contributed by atoms with Crippen LogP contribution in [0.3, 0.4) is 0 Å². The Morgan fingerprint density at radius 1 is 1.25 bits per heavy atom. The molecular weight excluding hydrogens is 430 g/mol. The lowest BCUT2D eigenvalue weighted by atomic mass is 10.1. The Morgan fingerprint density at radius 2 is 2.09 bits per heavy atom. The Hall–Kier alpha value is -3.03. The number of rotatable bonds is 8. The Labute approximate surface area is 192 Å². The van der Waals surface area contributed by atoms with E-state index in [1.807, 2.05) is 49.4 Å². The van der Waals surface area contributed by atoms with Gasteiger partial charge in [-0.3, -0.25) is 10.00 Å². The molecule has 4 rings (SSSR count). The first kappa shape index (κ1) is 22.2. The third-order valence-corrected chi connectivity index (χ3v) is 5.50. The molecule has 7 nitrogen and oxygen atoms in total. The average Bonchev–Trinajstić information content (AvgIpc) is 3.42. The number of halogens is 1. The quantitative estimate of drug-likeness (QED) is 0.514. The van der Waals surface area contributed by atoms with Crippen molar-refractivity contribution in [1.82, 2.24) is 9.78 Å². The molecule has 2 aromatic carbocycles. The van der Waals surface area contributed by atoms with Gasteiger partial charge in [0.25, 0.3) is 0 Å². The number of hydrogen-bond donors (Lipinski definition) is 1. The highest BCUT2D eigenvalue weighted by atomic mass is 35.5. The number of carbonyl (C=O) groups excluding carboxylic acids is 1. The Balaban J connectivity index is 1.39. The number of amides is 1. The third-order valence-electron chi connectivity index (χ3n) is 5.27. The first-order valence-electron chi connectivity index (χ1n) is 10.6. The van der Waals surface area contributed by atoms with Gasteiger partial charge in [-0.2, -0.15) is 5.10 Å². The van der Waals surface area contributed by atoms with E-state index in [-0.39, 0.29) is 5.92 Å². The van der Waals surface area contributed by atoms with Crippen molar-refractivity contribution in [2.75, 3.05) is 25.1 Å². The van der Waals surface area contributed by atoms with E-state index < -0.39 is 6.09 Å². The summed E-state index contributed by atoms with van der Waals surface area (Å²) in [6.07, 6.45) is 0.395. The van der Waals surface area contributed by atoms with Crippen molar-refractivity contribution in [2.45, 2.75) is 26.5 Å². The number of nitrogens with one attached hydrogen (secondary N) is 1. The summed E-state index contributed by atoms with van der Waals surface area (Å²) < 4.78 is 18.4. The number of benzene rings is 2. The predicted molar refractivity (Wildman–Crippen MR) is 122 cm³/mol. The minimum absolute atomic E-state index is 0.261. The summed E-state index contributed by atoms with van der Waals surface area (Å²) in [5.41, 5.74) is 2.87. The van der Waals surface area contributed by atoms with E-state index >= 15 is 0 Å². The van der Waals surface area contributed by atoms with E-state index in [0.717, 1.165) is 35.6 Å². The second-order valence-electron chi connectivity index (χ2n) is 7.81. The van der Waals surface area contributed by atoms with E-state index in [1.54, 1.807) is 16.8 Å². The molecule has 1 amide bonds. The first-order chi connectivity index (χ1) is 15.6. The highest BCUT2D eigenvalue weighted by molar-refractivity contribution is 6.30. The topological polar surface area (TPSA) is 74.6 Å². The molecule has 1 atom stereocenters. The number of hydrogen-bond acceptors (Lipinski definition) is 5. The van der Waals surface area contributed by atoms with Crippen LogP contribution in [-0.4, -0.2) is 35.7 Å². The van der Waals surface area contributed by atoms with Gasteiger partial charge in [0, 0.05) is 34.9 Å². The molecule has 0 spiro atoms. The molecule has 0 radical (unpaired) electrons. The van der Waals surface area contributed by atoms with E-state index in [1.165, 1.54) is 0 Å². The van der Waals surface area contributed by atoms with Gasteiger partial charge in [-0.05, 0) is 37.1 Å². The molecule has 1 unspecified atom stereocenters. The van der Waals surface area contributed by atoms with E-state index in [0.29, 0.717) is 37.2 Å². The maximum absolute atomic E-state index is 12.1. The molecule has 3 aromatic rings. The summed E-state index contributed by atoms with van der Waals surface area (Å²) in [6.45, 7) is 4.53. The maximum atomic E-state index is 12.1. The molecule has 0 bridgehead atoms. The summed E-state index contributed by atoms with van der Waals surface area (Å²) in [6, 6.07) is 17.3. The second-order valence-corrected chi connectivity index (χ2v) is 8.24. The van der Waals surface area contributed by atoms with Gasteiger partial charge in [-0.25, -0.2) is 4.79 Å². The highest BCUT2D eigenvalue weighted by Crippen LogP contribution is 2.25. The number of nitrogens with zero attached hydrogens (tertiary/aromatic N) is 2. The van der Waals surface area contributed by atoms with Crippen molar-refractivity contribution in [1.29, 1.82) is 0 Å². The van der Waals surface area contributed by atoms with Crippen LogP contribution in [-0.2, 0) is 22.6 Å². The number of aryl methyl sites for hydroxylation is 1. The molecule has 1 fully saturated rings. The molecule has 32 heavy (non-hydrogen) atoms. The number of ether oxygens (including phenoxy) is 3. The van der Waals surface area contributed by atoms with Gasteiger partial charge in [0.1, 0.15) is 12.4 Å². The minimum Gasteiger partial charge on any atom is -0.489 e. The van der Waals surface area contributed by atoms with Crippen LogP contribution in [0, 0.1) is 12.8 Å². The van der Waals surface area contributed by atoms with Crippen LogP contribution in [0.1, 0.15) is 23.2 Å². The summed E-state index contributed by atoms with van der Waals surface area (Å²) in [5.74, 6) is 1.43. The van der Waals surface area contributed by atoms with Crippen LogP contribution in [0.2, 0.25) is 5.02 Å². The van der Waals surface area contributed by atoms with Crippen LogP contribution >= 0.6 is 11.6 Å². The molecule has 0 saturated carbocycles. The Kier molecular flexibility index (Phi) is 7.29. The van der Waals surface area contributed by atoms with Gasteiger partial charge in [-0.15, -0.1) is 0 Å². The molecule has 1 aliphatic rings. The van der Waals surface area contributed by atoms with E-state index in [4.69, 9.17) is 25.8 Å². The van der Waals surface area contributed by atoms with E-state index in [9.17, 15) is 4.79 Å². The molecule has 1 aromatic heterocycles. The minimum atomic E-state index is -0.517. The molecule has 1 saturated heterocycles. The smallest absolute Gasteiger partial charge is 0.412 e. The zero-order chi connectivity index (χ0) is 22.3. The monoisotopic (exact) mass is 455 g/mol. The van der Waals surface area contributed by atoms with Crippen LogP contribution in [0.5, 0.6) is 5.75 Å². The third kappa shape index (κ3) is 6.02. The number of aromatic nitrogens is 2. The fourth-order valence-electron chi connectivity index (χ4n) is 3.49. The molecular formula is C24H26ClN3O4. The Bertz CT molecular complexity index is 1050. The van der Waals surface area contributed by atoms with Crippen molar-refractivity contribution in [2.24, 2.45) is 5.92 Å². The zero-order valence-corrected chi connectivity index (χ0v) is 18.7. The van der Waals surface area contributed by atoms with Crippen molar-refractivity contribution in [3.05, 3.63) is 76.4 Å². The van der Waals surface area contributed by atoms with Crippen LogP contribution < -0.4 is 10.1 Å². The van der Waals surface area contributed by atoms with Crippen molar-refractivity contribution in [3.63, 3.8) is 0 Å². The van der Waals surface area contributed by atoms with Crippen LogP contribution in [0.25, 0.3) is 0 Å². The van der Waals surface area contributed by atoms with Gasteiger partial charge in [0.15, 0.2) is 5.82 Å². The van der Waals surface area contributed by atoms with Gasteiger partial charge in [-0.1, -0.05) is 41.9 Å². The highest BCUT2D eigenvalue weighted by Gasteiger charge is 2.18. The summed E-state index contributed by atoms with van der Waals surface area (Å²) in [4.78, 5) is 12.1. The predicted octanol–water partition coefficient (Wildman–Crippen LogP) is 5.06. The van der Waals surface area contributed by atoms with Crippen molar-refractivity contribution < 1.29 is 19.0 Å². The number of carbonyl (C=O) groups is 1. The van der Waals surface area contributed by atoms with E-state index in [2.05, 4.69) is 10.4 Å². The zero-order valence-electron chi connectivity index (χ0n) is 17.9. The molecule has 168 valence electrons. The summed E-state index contributed by atoms with van der Waals surface area (Å²) >= 11 is 6.23. The molecule has 1 aliphatic heterocycles. The largest absolute Gasteiger partial charge is 0.489 e. The summed E-state index contributed by atoms with van der Waals surface area (Å²) in [7, 11) is 0.